The average Bonchev–Trinajstić information content (AvgIpc) is 3.46. The molecule has 5 rings (SSSR count). The molecule has 0 radical (unpaired) electrons. The Morgan fingerprint density at radius 1 is 1.05 bits per heavy atom. The molecule has 0 saturated heterocycles. The van der Waals surface area contributed by atoms with Crippen molar-refractivity contribution in [3.63, 3.8) is 0 Å². The molecule has 1 aliphatic heterocycles. The summed E-state index contributed by atoms with van der Waals surface area (Å²) >= 11 is 0. The highest BCUT2D eigenvalue weighted by Crippen LogP contribution is 2.41. The van der Waals surface area contributed by atoms with Gasteiger partial charge in [-0.1, -0.05) is 36.4 Å². The van der Waals surface area contributed by atoms with E-state index >= 15 is 0 Å². The SMILES string of the molecule is CCOc1cc(C2C(C(=O)Cc3ccccc3)=C(O)C(=O)N2CCc2c[nH]c3ccc(OC)cc23)ccc1O. The number of benzene rings is 3. The van der Waals surface area contributed by atoms with Gasteiger partial charge in [0.15, 0.2) is 23.0 Å². The number of aromatic hydroxyl groups is 1. The van der Waals surface area contributed by atoms with E-state index in [2.05, 4.69) is 4.98 Å². The Bertz CT molecular complexity index is 1560. The monoisotopic (exact) mass is 526 g/mol. The molecule has 0 spiro atoms. The fourth-order valence-corrected chi connectivity index (χ4v) is 5.10. The van der Waals surface area contributed by atoms with Crippen molar-refractivity contribution < 1.29 is 29.3 Å². The molecule has 1 aromatic heterocycles. The summed E-state index contributed by atoms with van der Waals surface area (Å²) < 4.78 is 10.9. The third-order valence-electron chi connectivity index (χ3n) is 7.01. The minimum absolute atomic E-state index is 0.0382. The van der Waals surface area contributed by atoms with Crippen LogP contribution in [0.3, 0.4) is 0 Å². The second-order valence-corrected chi connectivity index (χ2v) is 9.38. The quantitative estimate of drug-likeness (QED) is 0.267. The van der Waals surface area contributed by atoms with Crippen LogP contribution in [0.15, 0.2) is 84.3 Å². The summed E-state index contributed by atoms with van der Waals surface area (Å²) in [6.07, 6.45) is 2.40. The van der Waals surface area contributed by atoms with E-state index in [1.165, 1.54) is 11.0 Å². The maximum atomic E-state index is 13.6. The van der Waals surface area contributed by atoms with Gasteiger partial charge in [0, 0.05) is 30.1 Å². The number of Topliss-reactive ketones (excluding diaryl/α,β-unsaturated/α-hetero) is 1. The van der Waals surface area contributed by atoms with Crippen LogP contribution in [-0.2, 0) is 22.4 Å². The van der Waals surface area contributed by atoms with Crippen LogP contribution in [0.1, 0.15) is 29.7 Å². The Morgan fingerprint density at radius 3 is 2.59 bits per heavy atom. The second-order valence-electron chi connectivity index (χ2n) is 9.38. The summed E-state index contributed by atoms with van der Waals surface area (Å²) in [5, 5.41) is 22.2. The lowest BCUT2D eigenvalue weighted by molar-refractivity contribution is -0.129. The lowest BCUT2D eigenvalue weighted by atomic mass is 9.92. The molecule has 8 nitrogen and oxygen atoms in total. The number of ether oxygens (including phenoxy) is 2. The predicted octanol–water partition coefficient (Wildman–Crippen LogP) is 5.03. The van der Waals surface area contributed by atoms with Gasteiger partial charge in [-0.15, -0.1) is 0 Å². The summed E-state index contributed by atoms with van der Waals surface area (Å²) in [5.41, 5.74) is 3.29. The smallest absolute Gasteiger partial charge is 0.290 e. The number of carbonyl (C=O) groups is 2. The third-order valence-corrected chi connectivity index (χ3v) is 7.01. The van der Waals surface area contributed by atoms with Gasteiger partial charge in [0.2, 0.25) is 0 Å². The number of rotatable bonds is 10. The van der Waals surface area contributed by atoms with Crippen LogP contribution in [0.4, 0.5) is 0 Å². The Balaban J connectivity index is 1.51. The zero-order valence-electron chi connectivity index (χ0n) is 21.8. The Kier molecular flexibility index (Phi) is 7.27. The van der Waals surface area contributed by atoms with Gasteiger partial charge in [0.25, 0.3) is 5.91 Å². The number of hydrogen-bond acceptors (Lipinski definition) is 6. The normalized spacial score (nSPS) is 15.3. The van der Waals surface area contributed by atoms with Crippen molar-refractivity contribution in [2.75, 3.05) is 20.3 Å². The van der Waals surface area contributed by atoms with E-state index in [1.807, 2.05) is 54.7 Å². The zero-order valence-corrected chi connectivity index (χ0v) is 21.8. The molecule has 1 aliphatic rings. The van der Waals surface area contributed by atoms with Crippen LogP contribution in [0, 0.1) is 0 Å². The number of aromatic amines is 1. The first-order valence-electron chi connectivity index (χ1n) is 12.8. The first-order valence-corrected chi connectivity index (χ1v) is 12.8. The van der Waals surface area contributed by atoms with Gasteiger partial charge >= 0.3 is 0 Å². The highest BCUT2D eigenvalue weighted by atomic mass is 16.5. The number of fused-ring (bicyclic) bond motifs is 1. The highest BCUT2D eigenvalue weighted by molar-refractivity contribution is 6.09. The fourth-order valence-electron chi connectivity index (χ4n) is 5.10. The number of phenolic OH excluding ortho intramolecular Hbond substituents is 1. The largest absolute Gasteiger partial charge is 0.504 e. The highest BCUT2D eigenvalue weighted by Gasteiger charge is 2.43. The average molecular weight is 527 g/mol. The lowest BCUT2D eigenvalue weighted by Gasteiger charge is -2.27. The Labute approximate surface area is 226 Å². The van der Waals surface area contributed by atoms with E-state index in [0.29, 0.717) is 18.6 Å². The van der Waals surface area contributed by atoms with E-state index in [1.54, 1.807) is 26.2 Å². The summed E-state index contributed by atoms with van der Waals surface area (Å²) in [4.78, 5) is 31.7. The molecule has 0 fully saturated rings. The maximum absolute atomic E-state index is 13.6. The third kappa shape index (κ3) is 5.05. The zero-order chi connectivity index (χ0) is 27.5. The number of hydrogen-bond donors (Lipinski definition) is 3. The number of aliphatic hydroxyl groups is 1. The van der Waals surface area contributed by atoms with E-state index < -0.39 is 17.7 Å². The molecule has 8 heteroatoms. The van der Waals surface area contributed by atoms with Gasteiger partial charge < -0.3 is 29.6 Å². The van der Waals surface area contributed by atoms with E-state index in [4.69, 9.17) is 9.47 Å². The summed E-state index contributed by atoms with van der Waals surface area (Å²) in [6.45, 7) is 2.37. The maximum Gasteiger partial charge on any atom is 0.290 e. The number of amides is 1. The molecular formula is C31H30N2O6. The Morgan fingerprint density at radius 2 is 1.85 bits per heavy atom. The molecule has 1 atom stereocenters. The molecular weight excluding hydrogens is 496 g/mol. The number of nitrogens with zero attached hydrogens (tertiary/aromatic N) is 1. The van der Waals surface area contributed by atoms with Gasteiger partial charge in [-0.05, 0) is 60.4 Å². The van der Waals surface area contributed by atoms with Gasteiger partial charge in [-0.25, -0.2) is 0 Å². The van der Waals surface area contributed by atoms with Crippen molar-refractivity contribution in [2.24, 2.45) is 0 Å². The van der Waals surface area contributed by atoms with Crippen LogP contribution in [0.2, 0.25) is 0 Å². The van der Waals surface area contributed by atoms with Crippen molar-refractivity contribution >= 4 is 22.6 Å². The van der Waals surface area contributed by atoms with Crippen molar-refractivity contribution in [1.29, 1.82) is 0 Å². The minimum atomic E-state index is -0.840. The van der Waals surface area contributed by atoms with Crippen LogP contribution in [-0.4, -0.2) is 52.0 Å². The predicted molar refractivity (Wildman–Crippen MR) is 147 cm³/mol. The number of H-pyrrole nitrogens is 1. The number of methoxy groups -OCH3 is 1. The number of carbonyl (C=O) groups excluding carboxylic acids is 2. The van der Waals surface area contributed by atoms with Crippen molar-refractivity contribution in [2.45, 2.75) is 25.8 Å². The van der Waals surface area contributed by atoms with Crippen LogP contribution >= 0.6 is 0 Å². The minimum Gasteiger partial charge on any atom is -0.504 e. The topological polar surface area (TPSA) is 112 Å². The molecule has 39 heavy (non-hydrogen) atoms. The van der Waals surface area contributed by atoms with Crippen LogP contribution < -0.4 is 9.47 Å². The molecule has 200 valence electrons. The second kappa shape index (κ2) is 10.9. The van der Waals surface area contributed by atoms with E-state index in [0.717, 1.165) is 27.8 Å². The van der Waals surface area contributed by atoms with Crippen LogP contribution in [0.25, 0.3) is 10.9 Å². The van der Waals surface area contributed by atoms with Crippen LogP contribution in [0.5, 0.6) is 17.2 Å². The van der Waals surface area contributed by atoms with Gasteiger partial charge in [0.05, 0.1) is 25.3 Å². The molecule has 1 amide bonds. The number of ketones is 1. The summed E-state index contributed by atoms with van der Waals surface area (Å²) in [7, 11) is 1.61. The van der Waals surface area contributed by atoms with E-state index in [9.17, 15) is 19.8 Å². The summed E-state index contributed by atoms with van der Waals surface area (Å²) in [6, 6.07) is 18.8. The molecule has 3 N–H and O–H groups in total. The first kappa shape index (κ1) is 25.9. The number of nitrogens with one attached hydrogen (secondary N) is 1. The first-order chi connectivity index (χ1) is 18.9. The van der Waals surface area contributed by atoms with Gasteiger partial charge in [-0.2, -0.15) is 0 Å². The molecule has 3 aromatic carbocycles. The molecule has 4 aromatic rings. The molecule has 0 saturated carbocycles. The van der Waals surface area contributed by atoms with Crippen molar-refractivity contribution in [3.05, 3.63) is 101 Å². The molecule has 1 unspecified atom stereocenters. The lowest BCUT2D eigenvalue weighted by Crippen LogP contribution is -2.33. The summed E-state index contributed by atoms with van der Waals surface area (Å²) in [5.74, 6) is -0.587. The van der Waals surface area contributed by atoms with Gasteiger partial charge in [0.1, 0.15) is 5.75 Å². The Hall–Kier alpha value is -4.72. The number of aliphatic hydroxyl groups excluding tert-OH is 1. The number of aromatic nitrogens is 1. The molecule has 0 bridgehead atoms. The standard InChI is InChI=1S/C31H30N2O6/c1-3-39-27-16-20(9-12-25(27)34)29-28(26(35)15-19-7-5-4-6-8-19)30(36)31(37)33(29)14-13-21-18-32-24-11-10-22(38-2)17-23(21)24/h4-12,16-18,29,32,34,36H,3,13-15H2,1-2H3. The van der Waals surface area contributed by atoms with Gasteiger partial charge in [-0.3, -0.25) is 9.59 Å². The van der Waals surface area contributed by atoms with E-state index in [-0.39, 0.29) is 35.8 Å². The number of phenols is 1. The van der Waals surface area contributed by atoms with Crippen molar-refractivity contribution in [3.8, 4) is 17.2 Å². The molecule has 0 aliphatic carbocycles. The molecule has 2 heterocycles. The fraction of sp³-hybridized carbons (Fsp3) is 0.226. The van der Waals surface area contributed by atoms with Crippen molar-refractivity contribution in [1.82, 2.24) is 9.88 Å².